The molecule has 0 unspecified atom stereocenters. The monoisotopic (exact) mass is 812 g/mol. The second-order valence-electron chi connectivity index (χ2n) is 14.6. The van der Waals surface area contributed by atoms with Crippen LogP contribution in [0.3, 0.4) is 0 Å². The van der Waals surface area contributed by atoms with E-state index in [1.165, 1.54) is 13.8 Å². The number of Topliss-reactive ketones (excluding diaryl/α,β-unsaturated/α-hetero) is 1. The highest BCUT2D eigenvalue weighted by atomic mass is 16.2. The molecule has 18 heteroatoms. The average molecular weight is 813 g/mol. The van der Waals surface area contributed by atoms with E-state index in [1.807, 2.05) is 13.8 Å². The predicted molar refractivity (Wildman–Crippen MR) is 219 cm³/mol. The van der Waals surface area contributed by atoms with Crippen LogP contribution in [0.1, 0.15) is 110 Å². The molecule has 0 aliphatic carbocycles. The third kappa shape index (κ3) is 18.6. The number of ketones is 1. The van der Waals surface area contributed by atoms with Gasteiger partial charge >= 0.3 is 0 Å². The number of benzene rings is 1. The lowest BCUT2D eigenvalue weighted by atomic mass is 10.0. The van der Waals surface area contributed by atoms with Crippen molar-refractivity contribution in [2.75, 3.05) is 13.1 Å². The average Bonchev–Trinajstić information content (AvgIpc) is 3.17. The Morgan fingerprint density at radius 2 is 1.38 bits per heavy atom. The van der Waals surface area contributed by atoms with E-state index in [-0.39, 0.29) is 64.0 Å². The first-order valence-corrected chi connectivity index (χ1v) is 20.3. The number of nitrogens with two attached hydrogens (primary N) is 2. The molecule has 7 amide bonds. The van der Waals surface area contributed by atoms with E-state index in [0.717, 1.165) is 19.3 Å². The lowest BCUT2D eigenvalue weighted by Gasteiger charge is -2.27. The zero-order valence-electron chi connectivity index (χ0n) is 34.3. The van der Waals surface area contributed by atoms with Crippen molar-refractivity contribution < 1.29 is 38.4 Å². The fourth-order valence-corrected chi connectivity index (χ4v) is 6.35. The lowest BCUT2D eigenvalue weighted by molar-refractivity contribution is -0.135. The van der Waals surface area contributed by atoms with E-state index in [4.69, 9.17) is 11.5 Å². The molecule has 58 heavy (non-hydrogen) atoms. The maximum absolute atomic E-state index is 14.1. The molecular formula is C40H64N10O8. The molecule has 0 bridgehead atoms. The van der Waals surface area contributed by atoms with Gasteiger partial charge in [0.05, 0.1) is 6.04 Å². The van der Waals surface area contributed by atoms with Gasteiger partial charge in [-0.2, -0.15) is 0 Å². The number of nitrogens with zero attached hydrogens (tertiary/aromatic N) is 1. The van der Waals surface area contributed by atoms with Crippen LogP contribution in [-0.4, -0.2) is 102 Å². The summed E-state index contributed by atoms with van der Waals surface area (Å²) in [5, 5.41) is 19.0. The number of nitrogens with one attached hydrogen (secondary N) is 7. The number of unbranched alkanes of at least 4 members (excludes halogenated alkanes) is 3. The van der Waals surface area contributed by atoms with Crippen LogP contribution < -0.4 is 48.7 Å². The minimum Gasteiger partial charge on any atom is -0.370 e. The summed E-state index contributed by atoms with van der Waals surface area (Å²) >= 11 is 0. The van der Waals surface area contributed by atoms with Crippen molar-refractivity contribution in [3.63, 3.8) is 0 Å². The largest absolute Gasteiger partial charge is 0.370 e. The van der Waals surface area contributed by atoms with E-state index in [2.05, 4.69) is 42.2 Å². The molecule has 6 atom stereocenters. The summed E-state index contributed by atoms with van der Waals surface area (Å²) in [5.74, 6) is -4.84. The third-order valence-electron chi connectivity index (χ3n) is 9.62. The van der Waals surface area contributed by atoms with E-state index < -0.39 is 83.4 Å². The van der Waals surface area contributed by atoms with Crippen LogP contribution in [0.25, 0.3) is 0 Å². The normalized spacial score (nSPS) is 21.9. The molecule has 11 N–H and O–H groups in total. The van der Waals surface area contributed by atoms with Gasteiger partial charge in [0.1, 0.15) is 30.2 Å². The molecule has 0 aromatic heterocycles. The summed E-state index contributed by atoms with van der Waals surface area (Å²) in [4.78, 5) is 111. The fourth-order valence-electron chi connectivity index (χ4n) is 6.35. The number of aliphatic imine (C=N–C) groups is 1. The van der Waals surface area contributed by atoms with Crippen molar-refractivity contribution in [2.45, 2.75) is 147 Å². The second kappa shape index (κ2) is 26.4. The second-order valence-corrected chi connectivity index (χ2v) is 14.6. The molecule has 0 spiro atoms. The van der Waals surface area contributed by atoms with Crippen molar-refractivity contribution in [2.24, 2.45) is 16.5 Å². The van der Waals surface area contributed by atoms with Gasteiger partial charge in [-0.15, -0.1) is 0 Å². The van der Waals surface area contributed by atoms with Crippen molar-refractivity contribution in [1.82, 2.24) is 37.2 Å². The Balaban J connectivity index is 2.59. The fraction of sp³-hybridized carbons (Fsp3) is 0.625. The Morgan fingerprint density at radius 3 is 2.00 bits per heavy atom. The van der Waals surface area contributed by atoms with Crippen molar-refractivity contribution in [1.29, 1.82) is 0 Å². The Labute approximate surface area is 341 Å². The summed E-state index contributed by atoms with van der Waals surface area (Å²) < 4.78 is 0. The third-order valence-corrected chi connectivity index (χ3v) is 9.62. The topological polar surface area (TPSA) is 285 Å². The van der Waals surface area contributed by atoms with E-state index in [1.54, 1.807) is 30.3 Å². The van der Waals surface area contributed by atoms with Crippen molar-refractivity contribution >= 4 is 53.1 Å². The number of hydrogen-bond donors (Lipinski definition) is 9. The first-order chi connectivity index (χ1) is 27.6. The lowest BCUT2D eigenvalue weighted by Crippen LogP contribution is -2.59. The first-order valence-electron chi connectivity index (χ1n) is 20.3. The van der Waals surface area contributed by atoms with Gasteiger partial charge in [0, 0.05) is 32.9 Å². The quantitative estimate of drug-likeness (QED) is 0.0571. The van der Waals surface area contributed by atoms with Gasteiger partial charge in [-0.25, -0.2) is 0 Å². The van der Waals surface area contributed by atoms with Gasteiger partial charge in [0.2, 0.25) is 41.4 Å². The molecule has 1 aliphatic rings. The summed E-state index contributed by atoms with van der Waals surface area (Å²) in [6, 6.07) is 2.14. The molecule has 0 saturated carbocycles. The standard InChI is InChI=1S/C40H64N10O8/c1-5-7-10-17-30-37(56)50-33(24-27-14-11-9-12-15-27)39(58)48-31(18-13-22-44-40(41)42)36(55)46-28(25(3)51)21-23-43-34(53)20-19-32(38(57)47-30)49-35(54)29(16-8-6-2)45-26(4)52/h9,11-12,14-15,28-33H,5-8,10,13,16-24H2,1-4H3,(H,43,53)(H,45,52)(H,46,55)(H,47,57)(H,48,58)(H,49,54)(H,50,56)(H4,41,42,44)/t28-,29-,30-,31-,32-,33+/m0/s1. The van der Waals surface area contributed by atoms with E-state index >= 15 is 0 Å². The molecule has 322 valence electrons. The first kappa shape index (κ1) is 48.6. The van der Waals surface area contributed by atoms with E-state index in [0.29, 0.717) is 24.8 Å². The predicted octanol–water partition coefficient (Wildman–Crippen LogP) is -0.129. The van der Waals surface area contributed by atoms with Crippen LogP contribution >= 0.6 is 0 Å². The number of guanidine groups is 1. The van der Waals surface area contributed by atoms with Crippen LogP contribution in [0.2, 0.25) is 0 Å². The molecule has 1 heterocycles. The molecule has 1 aromatic rings. The summed E-state index contributed by atoms with van der Waals surface area (Å²) in [7, 11) is 0. The van der Waals surface area contributed by atoms with Crippen LogP contribution in [-0.2, 0) is 44.8 Å². The summed E-state index contributed by atoms with van der Waals surface area (Å²) in [6.07, 6.45) is 3.98. The zero-order chi connectivity index (χ0) is 43.0. The summed E-state index contributed by atoms with van der Waals surface area (Å²) in [5.41, 5.74) is 11.6. The maximum Gasteiger partial charge on any atom is 0.243 e. The minimum absolute atomic E-state index is 0.0179. The molecule has 2 rings (SSSR count). The molecule has 1 fully saturated rings. The van der Waals surface area contributed by atoms with Crippen LogP contribution in [0, 0.1) is 0 Å². The molecule has 1 saturated heterocycles. The van der Waals surface area contributed by atoms with Gasteiger partial charge in [0.15, 0.2) is 11.7 Å². The van der Waals surface area contributed by atoms with Gasteiger partial charge in [-0.05, 0) is 51.0 Å². The smallest absolute Gasteiger partial charge is 0.243 e. The molecule has 18 nitrogen and oxygen atoms in total. The van der Waals surface area contributed by atoms with Gasteiger partial charge < -0.3 is 48.7 Å². The van der Waals surface area contributed by atoms with Gasteiger partial charge in [0.25, 0.3) is 0 Å². The zero-order valence-corrected chi connectivity index (χ0v) is 34.3. The molecule has 1 aliphatic heterocycles. The molecule has 1 aromatic carbocycles. The number of rotatable bonds is 17. The van der Waals surface area contributed by atoms with Crippen molar-refractivity contribution in [3.05, 3.63) is 35.9 Å². The maximum atomic E-state index is 14.1. The van der Waals surface area contributed by atoms with Gasteiger partial charge in [-0.1, -0.05) is 76.3 Å². The van der Waals surface area contributed by atoms with Crippen molar-refractivity contribution in [3.8, 4) is 0 Å². The number of carbonyl (C=O) groups excluding carboxylic acids is 8. The van der Waals surface area contributed by atoms with E-state index in [9.17, 15) is 38.4 Å². The minimum atomic E-state index is -1.29. The SMILES string of the molecule is CCCCC[C@@H]1NC(=O)[C@@H](NC(=O)[C@H](CCCC)NC(C)=O)CCC(=O)NCC[C@@H](C(C)=O)NC(=O)[C@H](CCCN=C(N)N)NC(=O)[C@@H](Cc2ccccc2)NC1=O. The number of carbonyl (C=O) groups is 8. The van der Waals surface area contributed by atoms with Crippen LogP contribution in [0.4, 0.5) is 0 Å². The highest BCUT2D eigenvalue weighted by Gasteiger charge is 2.33. The molecule has 0 radical (unpaired) electrons. The number of hydrogen-bond acceptors (Lipinski definition) is 9. The summed E-state index contributed by atoms with van der Waals surface area (Å²) in [6.45, 7) is 6.62. The Kier molecular flexibility index (Phi) is 22.1. The number of amides is 7. The van der Waals surface area contributed by atoms with Gasteiger partial charge in [-0.3, -0.25) is 43.3 Å². The highest BCUT2D eigenvalue weighted by Crippen LogP contribution is 2.11. The Bertz CT molecular complexity index is 1570. The van der Waals surface area contributed by atoms with Crippen LogP contribution in [0.15, 0.2) is 35.3 Å². The molecular weight excluding hydrogens is 749 g/mol. The Morgan fingerprint density at radius 1 is 0.776 bits per heavy atom. The highest BCUT2D eigenvalue weighted by molar-refractivity contribution is 5.97. The van der Waals surface area contributed by atoms with Crippen LogP contribution in [0.5, 0.6) is 0 Å². The Hall–Kier alpha value is -5.55.